The Morgan fingerprint density at radius 3 is 1.89 bits per heavy atom. The Hall–Kier alpha value is -2.90. The number of hydrogen-bond acceptors (Lipinski definition) is 8. The van der Waals surface area contributed by atoms with E-state index in [-0.39, 0.29) is 0 Å². The van der Waals surface area contributed by atoms with E-state index in [1.807, 2.05) is 20.8 Å². The van der Waals surface area contributed by atoms with E-state index in [9.17, 15) is 19.2 Å². The monoisotopic (exact) mass is 530 g/mol. The quantitative estimate of drug-likeness (QED) is 0.278. The van der Waals surface area contributed by atoms with Crippen LogP contribution in [0.2, 0.25) is 0 Å². The maximum absolute atomic E-state index is 12.7. The first-order valence-electron chi connectivity index (χ1n) is 13.2. The minimum Gasteiger partial charge on any atom is -0.461 e. The summed E-state index contributed by atoms with van der Waals surface area (Å²) in [5.74, 6) is -2.31. The Bertz CT molecular complexity index is 1080. The molecule has 2 fully saturated rings. The molecule has 210 valence electrons. The summed E-state index contributed by atoms with van der Waals surface area (Å²) in [5, 5.41) is 0. The second kappa shape index (κ2) is 10.3. The summed E-state index contributed by atoms with van der Waals surface area (Å²) in [7, 11) is 0. The molecule has 2 saturated carbocycles. The molecule has 0 aromatic rings. The SMILES string of the molecule is C=C[C@]12[C@@H](OC(C)=O)CC(C)=C([C@@H](OC(C)=O)C[C@]3(C)CC[C@H](OC(C)=O)C(=C)C3[C@@H]1OC(C)=O)C2(C)C. The summed E-state index contributed by atoms with van der Waals surface area (Å²) >= 11 is 0. The van der Waals surface area contributed by atoms with E-state index in [0.29, 0.717) is 31.3 Å². The van der Waals surface area contributed by atoms with Crippen molar-refractivity contribution >= 4 is 23.9 Å². The number of rotatable bonds is 5. The van der Waals surface area contributed by atoms with Crippen molar-refractivity contribution in [3.8, 4) is 0 Å². The average molecular weight is 531 g/mol. The van der Waals surface area contributed by atoms with Gasteiger partial charge in [-0.3, -0.25) is 19.2 Å². The normalized spacial score (nSPS) is 36.1. The lowest BCUT2D eigenvalue weighted by atomic mass is 9.44. The highest BCUT2D eigenvalue weighted by Gasteiger charge is 2.68. The third-order valence-corrected chi connectivity index (χ3v) is 9.08. The van der Waals surface area contributed by atoms with Gasteiger partial charge in [-0.15, -0.1) is 6.58 Å². The molecule has 3 aliphatic carbocycles. The summed E-state index contributed by atoms with van der Waals surface area (Å²) in [6.45, 7) is 22.1. The number of esters is 4. The highest BCUT2D eigenvalue weighted by atomic mass is 16.6. The van der Waals surface area contributed by atoms with Crippen LogP contribution in [-0.2, 0) is 38.1 Å². The van der Waals surface area contributed by atoms with Crippen LogP contribution in [0.4, 0.5) is 0 Å². The summed E-state index contributed by atoms with van der Waals surface area (Å²) in [6, 6.07) is 0. The highest BCUT2D eigenvalue weighted by Crippen LogP contribution is 2.66. The van der Waals surface area contributed by atoms with Crippen molar-refractivity contribution in [3.63, 3.8) is 0 Å². The maximum Gasteiger partial charge on any atom is 0.303 e. The largest absolute Gasteiger partial charge is 0.461 e. The standard InChI is InChI=1S/C30H42O8/c1-11-30-24(37-20(6)33)14-16(2)25(28(30,8)9)23(36-19(5)32)15-29(10)13-12-22(35-18(4)31)17(3)26(29)27(30)38-21(7)34/h11,22-24,26-27H,1,3,12-15H2,2,4-10H3/t22-,23-,24-,26?,27-,29-,30-/m0/s1. The fourth-order valence-electron chi connectivity index (χ4n) is 7.80. The Morgan fingerprint density at radius 1 is 0.868 bits per heavy atom. The van der Waals surface area contributed by atoms with Crippen molar-refractivity contribution in [2.24, 2.45) is 22.2 Å². The van der Waals surface area contributed by atoms with Gasteiger partial charge in [0.2, 0.25) is 0 Å². The van der Waals surface area contributed by atoms with Crippen molar-refractivity contribution in [1.29, 1.82) is 0 Å². The molecule has 2 bridgehead atoms. The predicted octanol–water partition coefficient (Wildman–Crippen LogP) is 5.01. The molecule has 3 rings (SSSR count). The van der Waals surface area contributed by atoms with Gasteiger partial charge in [-0.2, -0.15) is 0 Å². The molecule has 8 nitrogen and oxygen atoms in total. The second-order valence-corrected chi connectivity index (χ2v) is 11.9. The van der Waals surface area contributed by atoms with E-state index in [1.165, 1.54) is 27.7 Å². The predicted molar refractivity (Wildman–Crippen MR) is 141 cm³/mol. The highest BCUT2D eigenvalue weighted by molar-refractivity contribution is 5.69. The second-order valence-electron chi connectivity index (χ2n) is 11.9. The number of hydrogen-bond donors (Lipinski definition) is 0. The molecule has 8 heteroatoms. The molecule has 0 aromatic carbocycles. The molecule has 0 heterocycles. The third kappa shape index (κ3) is 4.82. The number of carbonyl (C=O) groups excluding carboxylic acids is 4. The van der Waals surface area contributed by atoms with Crippen LogP contribution in [0.1, 0.15) is 81.1 Å². The average Bonchev–Trinajstić information content (AvgIpc) is 2.73. The molecule has 1 unspecified atom stereocenters. The van der Waals surface area contributed by atoms with Crippen LogP contribution in [0.5, 0.6) is 0 Å². The Morgan fingerprint density at radius 2 is 1.39 bits per heavy atom. The van der Waals surface area contributed by atoms with Crippen molar-refractivity contribution in [3.05, 3.63) is 36.0 Å². The van der Waals surface area contributed by atoms with E-state index in [4.69, 9.17) is 18.9 Å². The lowest BCUT2D eigenvalue weighted by molar-refractivity contribution is -0.204. The first kappa shape index (κ1) is 29.7. The van der Waals surface area contributed by atoms with Crippen LogP contribution in [0, 0.1) is 22.2 Å². The first-order valence-corrected chi connectivity index (χ1v) is 13.2. The van der Waals surface area contributed by atoms with Gasteiger partial charge >= 0.3 is 23.9 Å². The van der Waals surface area contributed by atoms with Gasteiger partial charge in [0.25, 0.3) is 0 Å². The van der Waals surface area contributed by atoms with E-state index in [1.54, 1.807) is 6.08 Å². The van der Waals surface area contributed by atoms with Crippen LogP contribution in [-0.4, -0.2) is 48.3 Å². The van der Waals surface area contributed by atoms with Gasteiger partial charge in [0.05, 0.1) is 5.41 Å². The van der Waals surface area contributed by atoms with Crippen molar-refractivity contribution in [2.45, 2.75) is 105 Å². The number of fused-ring (bicyclic) bond motifs is 3. The molecule has 0 radical (unpaired) electrons. The lowest BCUT2D eigenvalue weighted by Crippen LogP contribution is -2.66. The van der Waals surface area contributed by atoms with Gasteiger partial charge in [-0.1, -0.05) is 39.0 Å². The molecule has 7 atom stereocenters. The molecular weight excluding hydrogens is 488 g/mol. The van der Waals surface area contributed by atoms with Crippen LogP contribution < -0.4 is 0 Å². The van der Waals surface area contributed by atoms with E-state index in [0.717, 1.165) is 11.1 Å². The lowest BCUT2D eigenvalue weighted by Gasteiger charge is -2.63. The zero-order valence-electron chi connectivity index (χ0n) is 24.0. The van der Waals surface area contributed by atoms with E-state index < -0.39 is 70.5 Å². The van der Waals surface area contributed by atoms with Crippen LogP contribution in [0.3, 0.4) is 0 Å². The van der Waals surface area contributed by atoms with Crippen molar-refractivity contribution < 1.29 is 38.1 Å². The molecule has 3 aliphatic rings. The molecule has 38 heavy (non-hydrogen) atoms. The number of ether oxygens (including phenoxy) is 4. The summed E-state index contributed by atoms with van der Waals surface area (Å²) in [6.07, 6.45) is 0.961. The van der Waals surface area contributed by atoms with Crippen molar-refractivity contribution in [1.82, 2.24) is 0 Å². The molecular formula is C30H42O8. The fraction of sp³-hybridized carbons (Fsp3) is 0.667. The van der Waals surface area contributed by atoms with Gasteiger partial charge in [0.1, 0.15) is 24.4 Å². The maximum atomic E-state index is 12.7. The van der Waals surface area contributed by atoms with Gasteiger partial charge < -0.3 is 18.9 Å². The molecule has 0 aromatic heterocycles. The smallest absolute Gasteiger partial charge is 0.303 e. The Kier molecular flexibility index (Phi) is 8.07. The van der Waals surface area contributed by atoms with Gasteiger partial charge in [-0.05, 0) is 42.7 Å². The number of carbonyl (C=O) groups is 4. The van der Waals surface area contributed by atoms with Crippen LogP contribution in [0.15, 0.2) is 36.0 Å². The minimum absolute atomic E-state index is 0.350. The van der Waals surface area contributed by atoms with Gasteiger partial charge in [-0.25, -0.2) is 0 Å². The molecule has 0 aliphatic heterocycles. The van der Waals surface area contributed by atoms with Crippen LogP contribution >= 0.6 is 0 Å². The topological polar surface area (TPSA) is 105 Å². The third-order valence-electron chi connectivity index (χ3n) is 9.08. The minimum atomic E-state index is -1.12. The fourth-order valence-corrected chi connectivity index (χ4v) is 7.80. The molecule has 0 amide bonds. The Labute approximate surface area is 225 Å². The summed E-state index contributed by atoms with van der Waals surface area (Å²) in [5.41, 5.74) is -0.0162. The van der Waals surface area contributed by atoms with Gasteiger partial charge in [0, 0.05) is 45.4 Å². The van der Waals surface area contributed by atoms with E-state index >= 15 is 0 Å². The molecule has 0 spiro atoms. The summed E-state index contributed by atoms with van der Waals surface area (Å²) < 4.78 is 23.9. The van der Waals surface area contributed by atoms with Crippen LogP contribution in [0.25, 0.3) is 0 Å². The zero-order valence-corrected chi connectivity index (χ0v) is 24.0. The molecule has 0 N–H and O–H groups in total. The van der Waals surface area contributed by atoms with Gasteiger partial charge in [0.15, 0.2) is 0 Å². The molecule has 0 saturated heterocycles. The Balaban J connectivity index is 2.42. The summed E-state index contributed by atoms with van der Waals surface area (Å²) in [4.78, 5) is 49.5. The van der Waals surface area contributed by atoms with Crippen molar-refractivity contribution in [2.75, 3.05) is 0 Å². The first-order chi connectivity index (χ1) is 17.5. The van der Waals surface area contributed by atoms with E-state index in [2.05, 4.69) is 20.1 Å². The zero-order chi connectivity index (χ0) is 28.8.